The lowest BCUT2D eigenvalue weighted by Gasteiger charge is -1.96. The van der Waals surface area contributed by atoms with Gasteiger partial charge >= 0.3 is 0 Å². The van der Waals surface area contributed by atoms with E-state index in [2.05, 4.69) is 0 Å². The number of hydrogen-bond acceptors (Lipinski definition) is 1. The number of halogens is 1. The predicted molar refractivity (Wildman–Crippen MR) is 34.5 cm³/mol. The molecule has 1 atom stereocenters. The summed E-state index contributed by atoms with van der Waals surface area (Å²) < 4.78 is 10.6. The lowest BCUT2D eigenvalue weighted by Crippen LogP contribution is -1.74. The summed E-state index contributed by atoms with van der Waals surface area (Å²) in [6.07, 6.45) is 1.58. The van der Waals surface area contributed by atoms with Gasteiger partial charge in [0.15, 0.2) is 6.49 Å². The first-order valence-corrected chi connectivity index (χ1v) is 5.57. The molecule has 0 amide bonds. The minimum atomic E-state index is -2.19. The second-order valence-corrected chi connectivity index (χ2v) is 6.27. The third kappa shape index (κ3) is 6.52. The van der Waals surface area contributed by atoms with Gasteiger partial charge in [0, 0.05) is 12.8 Å². The Labute approximate surface area is 49.2 Å². The van der Waals surface area contributed by atoms with Crippen molar-refractivity contribution in [3.05, 3.63) is 0 Å². The normalized spacial score (nSPS) is 18.7. The molecule has 0 radical (unpaired) electrons. The maximum absolute atomic E-state index is 10.6. The molecule has 44 valence electrons. The molecule has 0 aromatic heterocycles. The summed E-state index contributed by atoms with van der Waals surface area (Å²) in [5.74, 6) is 0. The highest BCUT2D eigenvalue weighted by Crippen LogP contribution is 2.46. The Morgan fingerprint density at radius 3 is 2.14 bits per heavy atom. The van der Waals surface area contributed by atoms with Crippen molar-refractivity contribution in [2.24, 2.45) is 0 Å². The van der Waals surface area contributed by atoms with Crippen molar-refractivity contribution in [2.75, 3.05) is 12.8 Å². The first-order chi connectivity index (χ1) is 3.06. The lowest BCUT2D eigenvalue weighted by molar-refractivity contribution is 0.587. The van der Waals surface area contributed by atoms with Crippen LogP contribution in [0.1, 0.15) is 13.3 Å². The fraction of sp³-hybridized carbons (Fsp3) is 1.00. The molecule has 0 spiro atoms. The number of rotatable bonds is 2. The molecule has 7 heavy (non-hydrogen) atoms. The Morgan fingerprint density at radius 1 is 1.71 bits per heavy atom. The van der Waals surface area contributed by atoms with Gasteiger partial charge in [0.05, 0.1) is 0 Å². The smallest absolute Gasteiger partial charge is 0.166 e. The zero-order valence-electron chi connectivity index (χ0n) is 4.65. The standard InChI is InChI=1S/C4H10ClOP/c1-3-4-7(2,5)6/h3-4H2,1-2H3/t7-/m0/s1. The van der Waals surface area contributed by atoms with Gasteiger partial charge in [0.2, 0.25) is 0 Å². The molecule has 3 heteroatoms. The molecule has 0 N–H and O–H groups in total. The van der Waals surface area contributed by atoms with E-state index in [1.807, 2.05) is 6.92 Å². The van der Waals surface area contributed by atoms with Crippen LogP contribution in [0.2, 0.25) is 0 Å². The second-order valence-electron chi connectivity index (χ2n) is 1.71. The summed E-state index contributed by atoms with van der Waals surface area (Å²) in [5.41, 5.74) is 0. The highest BCUT2D eigenvalue weighted by atomic mass is 35.7. The van der Waals surface area contributed by atoms with Gasteiger partial charge in [-0.05, 0) is 6.42 Å². The molecule has 0 aromatic rings. The van der Waals surface area contributed by atoms with Crippen LogP contribution in [0.4, 0.5) is 0 Å². The maximum Gasteiger partial charge on any atom is 0.166 e. The van der Waals surface area contributed by atoms with Crippen LogP contribution in [-0.4, -0.2) is 12.8 Å². The van der Waals surface area contributed by atoms with Gasteiger partial charge < -0.3 is 4.57 Å². The van der Waals surface area contributed by atoms with E-state index in [0.717, 1.165) is 6.42 Å². The van der Waals surface area contributed by atoms with Gasteiger partial charge in [0.1, 0.15) is 0 Å². The summed E-state index contributed by atoms with van der Waals surface area (Å²) in [6.45, 7) is 1.37. The van der Waals surface area contributed by atoms with Gasteiger partial charge in [-0.25, -0.2) is 0 Å². The maximum atomic E-state index is 10.6. The van der Waals surface area contributed by atoms with E-state index in [-0.39, 0.29) is 0 Å². The Morgan fingerprint density at radius 2 is 2.14 bits per heavy atom. The fourth-order valence-corrected chi connectivity index (χ4v) is 1.71. The van der Waals surface area contributed by atoms with Crippen molar-refractivity contribution in [3.63, 3.8) is 0 Å². The van der Waals surface area contributed by atoms with Crippen LogP contribution < -0.4 is 0 Å². The Bertz CT molecular complexity index is 85.7. The Hall–Kier alpha value is 0.520. The average molecular weight is 141 g/mol. The van der Waals surface area contributed by atoms with Crippen LogP contribution in [0.15, 0.2) is 0 Å². The van der Waals surface area contributed by atoms with E-state index in [9.17, 15) is 4.57 Å². The van der Waals surface area contributed by atoms with E-state index < -0.39 is 6.49 Å². The molecular weight excluding hydrogens is 130 g/mol. The predicted octanol–water partition coefficient (Wildman–Crippen LogP) is 2.54. The van der Waals surface area contributed by atoms with Crippen LogP contribution in [-0.2, 0) is 4.57 Å². The zero-order chi connectivity index (χ0) is 5.91. The van der Waals surface area contributed by atoms with Crippen molar-refractivity contribution in [1.29, 1.82) is 0 Å². The summed E-state index contributed by atoms with van der Waals surface area (Å²) in [6, 6.07) is 0. The molecule has 0 bridgehead atoms. The fourth-order valence-electron chi connectivity index (χ4n) is 0.399. The quantitative estimate of drug-likeness (QED) is 0.539. The van der Waals surface area contributed by atoms with Crippen LogP contribution in [0, 0.1) is 0 Å². The number of hydrogen-bond donors (Lipinski definition) is 0. The molecule has 0 aliphatic carbocycles. The SMILES string of the molecule is CCC[P@](C)(=O)Cl. The molecule has 0 rings (SSSR count). The summed E-state index contributed by atoms with van der Waals surface area (Å²) >= 11 is 5.39. The zero-order valence-corrected chi connectivity index (χ0v) is 6.30. The molecule has 1 nitrogen and oxygen atoms in total. The summed E-state index contributed by atoms with van der Waals surface area (Å²) in [5, 5.41) is 0. The molecule has 0 unspecified atom stereocenters. The molecule has 0 saturated carbocycles. The Kier molecular flexibility index (Phi) is 2.94. The molecule has 0 aliphatic heterocycles. The highest BCUT2D eigenvalue weighted by Gasteiger charge is 2.05. The highest BCUT2D eigenvalue weighted by molar-refractivity contribution is 7.88. The van der Waals surface area contributed by atoms with Crippen molar-refractivity contribution in [1.82, 2.24) is 0 Å². The minimum Gasteiger partial charge on any atom is -0.307 e. The van der Waals surface area contributed by atoms with Gasteiger partial charge in [-0.2, -0.15) is 0 Å². The van der Waals surface area contributed by atoms with E-state index in [1.54, 1.807) is 6.66 Å². The minimum absolute atomic E-state index is 0.661. The van der Waals surface area contributed by atoms with E-state index in [4.69, 9.17) is 11.2 Å². The average Bonchev–Trinajstić information content (AvgIpc) is 1.30. The molecule has 0 aliphatic rings. The molecule has 0 fully saturated rings. The lowest BCUT2D eigenvalue weighted by atomic mass is 10.6. The van der Waals surface area contributed by atoms with Crippen molar-refractivity contribution in [3.8, 4) is 0 Å². The second kappa shape index (κ2) is 2.74. The summed E-state index contributed by atoms with van der Waals surface area (Å²) in [7, 11) is 0. The van der Waals surface area contributed by atoms with Crippen LogP contribution in [0.25, 0.3) is 0 Å². The van der Waals surface area contributed by atoms with Crippen LogP contribution in [0.5, 0.6) is 0 Å². The monoisotopic (exact) mass is 140 g/mol. The molecule has 0 heterocycles. The first kappa shape index (κ1) is 7.52. The van der Waals surface area contributed by atoms with Gasteiger partial charge in [-0.1, -0.05) is 18.2 Å². The van der Waals surface area contributed by atoms with Crippen molar-refractivity contribution >= 4 is 17.7 Å². The van der Waals surface area contributed by atoms with Crippen molar-refractivity contribution < 1.29 is 4.57 Å². The van der Waals surface area contributed by atoms with Crippen LogP contribution >= 0.6 is 17.7 Å². The third-order valence-corrected chi connectivity index (χ3v) is 2.38. The summed E-state index contributed by atoms with van der Waals surface area (Å²) in [4.78, 5) is 0. The van der Waals surface area contributed by atoms with E-state index >= 15 is 0 Å². The molecular formula is C4H10ClOP. The van der Waals surface area contributed by atoms with E-state index in [1.165, 1.54) is 0 Å². The molecule has 0 saturated heterocycles. The third-order valence-electron chi connectivity index (χ3n) is 0.623. The Balaban J connectivity index is 3.36. The van der Waals surface area contributed by atoms with Gasteiger partial charge in [-0.3, -0.25) is 0 Å². The topological polar surface area (TPSA) is 17.1 Å². The van der Waals surface area contributed by atoms with Crippen LogP contribution in [0.3, 0.4) is 0 Å². The van der Waals surface area contributed by atoms with E-state index in [0.29, 0.717) is 6.16 Å². The van der Waals surface area contributed by atoms with Gasteiger partial charge in [-0.15, -0.1) is 0 Å². The van der Waals surface area contributed by atoms with Gasteiger partial charge in [0.25, 0.3) is 0 Å². The van der Waals surface area contributed by atoms with Crippen molar-refractivity contribution in [2.45, 2.75) is 13.3 Å². The first-order valence-electron chi connectivity index (χ1n) is 2.32. The molecule has 0 aromatic carbocycles. The largest absolute Gasteiger partial charge is 0.307 e.